The SMILES string of the molecule is OC(c1cccnc1)C1CCCCO1. The summed E-state index contributed by atoms with van der Waals surface area (Å²) in [5.41, 5.74) is 0.847. The molecule has 76 valence electrons. The highest BCUT2D eigenvalue weighted by Crippen LogP contribution is 2.25. The molecule has 2 unspecified atom stereocenters. The molecule has 0 spiro atoms. The minimum Gasteiger partial charge on any atom is -0.386 e. The largest absolute Gasteiger partial charge is 0.386 e. The number of hydrogen-bond donors (Lipinski definition) is 1. The van der Waals surface area contributed by atoms with E-state index < -0.39 is 6.10 Å². The Kier molecular flexibility index (Phi) is 3.11. The van der Waals surface area contributed by atoms with Gasteiger partial charge in [0.25, 0.3) is 0 Å². The quantitative estimate of drug-likeness (QED) is 0.777. The van der Waals surface area contributed by atoms with Crippen LogP contribution in [0.2, 0.25) is 0 Å². The van der Waals surface area contributed by atoms with Gasteiger partial charge in [-0.25, -0.2) is 0 Å². The second-order valence-electron chi connectivity index (χ2n) is 3.64. The maximum absolute atomic E-state index is 9.98. The van der Waals surface area contributed by atoms with E-state index in [0.29, 0.717) is 0 Å². The molecule has 0 saturated carbocycles. The summed E-state index contributed by atoms with van der Waals surface area (Å²) in [7, 11) is 0. The van der Waals surface area contributed by atoms with Crippen LogP contribution in [0.5, 0.6) is 0 Å². The first-order valence-electron chi connectivity index (χ1n) is 5.07. The van der Waals surface area contributed by atoms with Crippen molar-refractivity contribution < 1.29 is 9.84 Å². The molecule has 2 atom stereocenters. The molecule has 0 bridgehead atoms. The van der Waals surface area contributed by atoms with Crippen molar-refractivity contribution in [3.63, 3.8) is 0 Å². The second-order valence-corrected chi connectivity index (χ2v) is 3.64. The monoisotopic (exact) mass is 193 g/mol. The summed E-state index contributed by atoms with van der Waals surface area (Å²) >= 11 is 0. The third-order valence-electron chi connectivity index (χ3n) is 2.59. The van der Waals surface area contributed by atoms with Crippen molar-refractivity contribution in [2.45, 2.75) is 31.5 Å². The highest BCUT2D eigenvalue weighted by Gasteiger charge is 2.23. The molecule has 1 aromatic heterocycles. The summed E-state index contributed by atoms with van der Waals surface area (Å²) in [6.45, 7) is 0.766. The van der Waals surface area contributed by atoms with Gasteiger partial charge < -0.3 is 9.84 Å². The van der Waals surface area contributed by atoms with E-state index in [-0.39, 0.29) is 6.10 Å². The Hall–Kier alpha value is -0.930. The third kappa shape index (κ3) is 2.11. The van der Waals surface area contributed by atoms with Crippen LogP contribution in [0.4, 0.5) is 0 Å². The van der Waals surface area contributed by atoms with Crippen LogP contribution in [0.15, 0.2) is 24.5 Å². The minimum atomic E-state index is -0.524. The molecule has 2 rings (SSSR count). The molecule has 3 nitrogen and oxygen atoms in total. The van der Waals surface area contributed by atoms with Crippen molar-refractivity contribution >= 4 is 0 Å². The maximum atomic E-state index is 9.98. The zero-order chi connectivity index (χ0) is 9.80. The summed E-state index contributed by atoms with van der Waals surface area (Å²) in [5, 5.41) is 9.98. The van der Waals surface area contributed by atoms with E-state index in [4.69, 9.17) is 4.74 Å². The van der Waals surface area contributed by atoms with Crippen molar-refractivity contribution in [1.82, 2.24) is 4.98 Å². The van der Waals surface area contributed by atoms with Gasteiger partial charge in [-0.3, -0.25) is 4.98 Å². The average molecular weight is 193 g/mol. The van der Waals surface area contributed by atoms with Gasteiger partial charge in [0.15, 0.2) is 0 Å². The summed E-state index contributed by atoms with van der Waals surface area (Å²) in [5.74, 6) is 0. The molecule has 1 fully saturated rings. The number of aliphatic hydroxyl groups excluding tert-OH is 1. The van der Waals surface area contributed by atoms with Gasteiger partial charge in [-0.15, -0.1) is 0 Å². The standard InChI is InChI=1S/C11H15NO2/c13-11(9-4-3-6-12-8-9)10-5-1-2-7-14-10/h3-4,6,8,10-11,13H,1-2,5,7H2. The molecule has 14 heavy (non-hydrogen) atoms. The van der Waals surface area contributed by atoms with E-state index in [0.717, 1.165) is 31.4 Å². The molecule has 1 aromatic rings. The van der Waals surface area contributed by atoms with Gasteiger partial charge in [0.1, 0.15) is 6.10 Å². The number of aromatic nitrogens is 1. The van der Waals surface area contributed by atoms with Crippen molar-refractivity contribution in [2.75, 3.05) is 6.61 Å². The Bertz CT molecular complexity index is 270. The molecule has 3 heteroatoms. The van der Waals surface area contributed by atoms with Crippen molar-refractivity contribution in [3.05, 3.63) is 30.1 Å². The van der Waals surface area contributed by atoms with Crippen molar-refractivity contribution in [2.24, 2.45) is 0 Å². The predicted molar refractivity (Wildman–Crippen MR) is 52.8 cm³/mol. The van der Waals surface area contributed by atoms with Gasteiger partial charge >= 0.3 is 0 Å². The number of nitrogens with zero attached hydrogens (tertiary/aromatic N) is 1. The number of pyridine rings is 1. The molecule has 1 aliphatic rings. The number of ether oxygens (including phenoxy) is 1. The summed E-state index contributed by atoms with van der Waals surface area (Å²) in [6.07, 6.45) is 6.02. The maximum Gasteiger partial charge on any atom is 0.107 e. The molecular weight excluding hydrogens is 178 g/mol. The molecule has 1 N–H and O–H groups in total. The zero-order valence-electron chi connectivity index (χ0n) is 8.10. The molecule has 2 heterocycles. The third-order valence-corrected chi connectivity index (χ3v) is 2.59. The van der Waals surface area contributed by atoms with Crippen molar-refractivity contribution in [1.29, 1.82) is 0 Å². The fraction of sp³-hybridized carbons (Fsp3) is 0.545. The van der Waals surface area contributed by atoms with E-state index in [2.05, 4.69) is 4.98 Å². The van der Waals surface area contributed by atoms with E-state index in [9.17, 15) is 5.11 Å². The minimum absolute atomic E-state index is 0.0482. The fourth-order valence-electron chi connectivity index (χ4n) is 1.78. The lowest BCUT2D eigenvalue weighted by Crippen LogP contribution is -2.26. The molecule has 1 saturated heterocycles. The van der Waals surface area contributed by atoms with Crippen LogP contribution in [-0.4, -0.2) is 22.8 Å². The van der Waals surface area contributed by atoms with E-state index in [1.165, 1.54) is 0 Å². The summed E-state index contributed by atoms with van der Waals surface area (Å²) in [4.78, 5) is 3.99. The van der Waals surface area contributed by atoms with E-state index in [1.54, 1.807) is 12.4 Å². The molecule has 0 amide bonds. The first-order chi connectivity index (χ1) is 6.88. The first kappa shape index (κ1) is 9.62. The normalized spacial score (nSPS) is 24.5. The Morgan fingerprint density at radius 2 is 2.43 bits per heavy atom. The van der Waals surface area contributed by atoms with Crippen LogP contribution in [-0.2, 0) is 4.74 Å². The highest BCUT2D eigenvalue weighted by molar-refractivity contribution is 5.13. The lowest BCUT2D eigenvalue weighted by molar-refractivity contribution is -0.0634. The molecular formula is C11H15NO2. The Morgan fingerprint density at radius 1 is 1.50 bits per heavy atom. The zero-order valence-corrected chi connectivity index (χ0v) is 8.10. The molecule has 0 aliphatic carbocycles. The summed E-state index contributed by atoms with van der Waals surface area (Å²) < 4.78 is 5.52. The van der Waals surface area contributed by atoms with E-state index in [1.807, 2.05) is 12.1 Å². The second kappa shape index (κ2) is 4.53. The van der Waals surface area contributed by atoms with Gasteiger partial charge in [0.05, 0.1) is 6.10 Å². The highest BCUT2D eigenvalue weighted by atomic mass is 16.5. The van der Waals surface area contributed by atoms with Crippen LogP contribution < -0.4 is 0 Å². The lowest BCUT2D eigenvalue weighted by Gasteiger charge is -2.27. The van der Waals surface area contributed by atoms with Crippen LogP contribution in [0, 0.1) is 0 Å². The smallest absolute Gasteiger partial charge is 0.107 e. The van der Waals surface area contributed by atoms with Gasteiger partial charge in [-0.05, 0) is 25.3 Å². The average Bonchev–Trinajstić information content (AvgIpc) is 2.30. The van der Waals surface area contributed by atoms with Crippen LogP contribution in [0.25, 0.3) is 0 Å². The van der Waals surface area contributed by atoms with E-state index >= 15 is 0 Å². The predicted octanol–water partition coefficient (Wildman–Crippen LogP) is 1.68. The van der Waals surface area contributed by atoms with Crippen LogP contribution in [0.3, 0.4) is 0 Å². The molecule has 0 radical (unpaired) electrons. The number of hydrogen-bond acceptors (Lipinski definition) is 3. The molecule has 1 aliphatic heterocycles. The first-order valence-corrected chi connectivity index (χ1v) is 5.07. The summed E-state index contributed by atoms with van der Waals surface area (Å²) in [6, 6.07) is 3.72. The van der Waals surface area contributed by atoms with Crippen LogP contribution in [0.1, 0.15) is 30.9 Å². The lowest BCUT2D eigenvalue weighted by atomic mass is 9.99. The number of aliphatic hydroxyl groups is 1. The fourth-order valence-corrected chi connectivity index (χ4v) is 1.78. The topological polar surface area (TPSA) is 42.4 Å². The van der Waals surface area contributed by atoms with Crippen molar-refractivity contribution in [3.8, 4) is 0 Å². The Labute approximate surface area is 83.7 Å². The van der Waals surface area contributed by atoms with Gasteiger partial charge in [-0.1, -0.05) is 6.07 Å². The number of rotatable bonds is 2. The molecule has 0 aromatic carbocycles. The van der Waals surface area contributed by atoms with Gasteiger partial charge in [0.2, 0.25) is 0 Å². The Balaban J connectivity index is 2.03. The Morgan fingerprint density at radius 3 is 3.07 bits per heavy atom. The van der Waals surface area contributed by atoms with Crippen LogP contribution >= 0.6 is 0 Å². The van der Waals surface area contributed by atoms with Gasteiger partial charge in [-0.2, -0.15) is 0 Å². The van der Waals surface area contributed by atoms with Gasteiger partial charge in [0, 0.05) is 24.6 Å².